The zero-order valence-electron chi connectivity index (χ0n) is 9.10. The lowest BCUT2D eigenvalue weighted by atomic mass is 10.4. The first-order valence-corrected chi connectivity index (χ1v) is 4.49. The third-order valence-electron chi connectivity index (χ3n) is 1.90. The molecule has 0 saturated heterocycles. The van der Waals surface area contributed by atoms with Crippen molar-refractivity contribution in [2.75, 3.05) is 0 Å². The Morgan fingerprint density at radius 2 is 1.86 bits per heavy atom. The van der Waals surface area contributed by atoms with Gasteiger partial charge in [0.25, 0.3) is 0 Å². The van der Waals surface area contributed by atoms with Gasteiger partial charge in [-0.1, -0.05) is 0 Å². The second-order valence-electron chi connectivity index (χ2n) is 3.29. The van der Waals surface area contributed by atoms with Crippen LogP contribution in [0.3, 0.4) is 0 Å². The Morgan fingerprint density at radius 1 is 1.14 bits per heavy atom. The molecule has 0 amide bonds. The van der Waals surface area contributed by atoms with Crippen LogP contribution < -0.4 is 0 Å². The number of rotatable bonds is 0. The van der Waals surface area contributed by atoms with Crippen molar-refractivity contribution in [2.24, 2.45) is 14.1 Å². The van der Waals surface area contributed by atoms with E-state index in [9.17, 15) is 0 Å². The van der Waals surface area contributed by atoms with Crippen LogP contribution in [0.5, 0.6) is 0 Å². The summed E-state index contributed by atoms with van der Waals surface area (Å²) >= 11 is 0. The van der Waals surface area contributed by atoms with Gasteiger partial charge in [-0.2, -0.15) is 10.2 Å². The molecular formula is C10H16N4. The van der Waals surface area contributed by atoms with Gasteiger partial charge in [0.05, 0.1) is 6.20 Å². The topological polar surface area (TPSA) is 35.6 Å². The number of hydrogen-bond acceptors (Lipinski definition) is 2. The van der Waals surface area contributed by atoms with Crippen LogP contribution in [0.4, 0.5) is 0 Å². The van der Waals surface area contributed by atoms with E-state index < -0.39 is 0 Å². The molecule has 0 radical (unpaired) electrons. The maximum atomic E-state index is 3.93. The van der Waals surface area contributed by atoms with E-state index in [1.54, 1.807) is 10.9 Å². The molecule has 4 nitrogen and oxygen atoms in total. The highest BCUT2D eigenvalue weighted by Crippen LogP contribution is 1.89. The van der Waals surface area contributed by atoms with Crippen molar-refractivity contribution >= 4 is 0 Å². The molecule has 0 aliphatic heterocycles. The van der Waals surface area contributed by atoms with Gasteiger partial charge in [-0.15, -0.1) is 0 Å². The highest BCUT2D eigenvalue weighted by molar-refractivity contribution is 4.98. The smallest absolute Gasteiger partial charge is 0.0518 e. The second kappa shape index (κ2) is 4.60. The monoisotopic (exact) mass is 192 g/mol. The first-order chi connectivity index (χ1) is 6.59. The number of aromatic nitrogens is 4. The summed E-state index contributed by atoms with van der Waals surface area (Å²) in [6.45, 7) is 4.04. The molecular weight excluding hydrogens is 176 g/mol. The lowest BCUT2D eigenvalue weighted by molar-refractivity contribution is 0.740. The minimum atomic E-state index is 1.19. The summed E-state index contributed by atoms with van der Waals surface area (Å²) in [6, 6.07) is 1.97. The van der Waals surface area contributed by atoms with Crippen molar-refractivity contribution in [3.05, 3.63) is 35.9 Å². The van der Waals surface area contributed by atoms with Crippen molar-refractivity contribution in [1.82, 2.24) is 19.6 Å². The molecule has 0 bridgehead atoms. The molecule has 4 heteroatoms. The summed E-state index contributed by atoms with van der Waals surface area (Å²) in [4.78, 5) is 0. The van der Waals surface area contributed by atoms with Crippen molar-refractivity contribution in [1.29, 1.82) is 0 Å². The molecule has 2 heterocycles. The molecule has 0 N–H and O–H groups in total. The summed E-state index contributed by atoms with van der Waals surface area (Å²) in [6.07, 6.45) is 5.59. The zero-order chi connectivity index (χ0) is 10.6. The number of hydrogen-bond donors (Lipinski definition) is 0. The molecule has 0 spiro atoms. The molecule has 2 aromatic heterocycles. The lowest BCUT2D eigenvalue weighted by Gasteiger charge is -1.87. The first-order valence-electron chi connectivity index (χ1n) is 4.49. The van der Waals surface area contributed by atoms with Gasteiger partial charge in [0, 0.05) is 32.2 Å². The fourth-order valence-corrected chi connectivity index (χ4v) is 0.984. The predicted octanol–water partition coefficient (Wildman–Crippen LogP) is 1.46. The number of nitrogens with zero attached hydrogens (tertiary/aromatic N) is 4. The quantitative estimate of drug-likeness (QED) is 0.633. The second-order valence-corrected chi connectivity index (χ2v) is 3.29. The van der Waals surface area contributed by atoms with Gasteiger partial charge >= 0.3 is 0 Å². The third kappa shape index (κ3) is 3.05. The summed E-state index contributed by atoms with van der Waals surface area (Å²) in [5, 5.41) is 7.87. The molecule has 0 saturated carbocycles. The molecule has 0 atom stereocenters. The molecule has 0 aliphatic rings. The third-order valence-corrected chi connectivity index (χ3v) is 1.90. The van der Waals surface area contributed by atoms with E-state index >= 15 is 0 Å². The Kier molecular flexibility index (Phi) is 3.45. The van der Waals surface area contributed by atoms with E-state index in [1.807, 2.05) is 51.1 Å². The maximum Gasteiger partial charge on any atom is 0.0518 e. The van der Waals surface area contributed by atoms with Crippen LogP contribution in [0.25, 0.3) is 0 Å². The average molecular weight is 192 g/mol. The molecule has 2 rings (SSSR count). The zero-order valence-corrected chi connectivity index (χ0v) is 9.10. The van der Waals surface area contributed by atoms with E-state index in [1.165, 1.54) is 11.3 Å². The van der Waals surface area contributed by atoms with E-state index in [0.717, 1.165) is 0 Å². The Balaban J connectivity index is 0.000000140. The van der Waals surface area contributed by atoms with Crippen LogP contribution in [0.1, 0.15) is 11.3 Å². The van der Waals surface area contributed by atoms with E-state index in [2.05, 4.69) is 10.2 Å². The number of aryl methyl sites for hydroxylation is 4. The first kappa shape index (κ1) is 10.5. The molecule has 0 aromatic carbocycles. The molecule has 76 valence electrons. The Bertz CT molecular complexity index is 353. The Labute approximate surface area is 84.2 Å². The summed E-state index contributed by atoms with van der Waals surface area (Å²) < 4.78 is 3.62. The van der Waals surface area contributed by atoms with Gasteiger partial charge < -0.3 is 0 Å². The fraction of sp³-hybridized carbons (Fsp3) is 0.400. The van der Waals surface area contributed by atoms with Crippen molar-refractivity contribution in [2.45, 2.75) is 13.8 Å². The normalized spacial score (nSPS) is 9.43. The van der Waals surface area contributed by atoms with Crippen molar-refractivity contribution in [3.8, 4) is 0 Å². The minimum Gasteiger partial charge on any atom is -0.276 e. The minimum absolute atomic E-state index is 1.19. The average Bonchev–Trinajstić information content (AvgIpc) is 2.65. The van der Waals surface area contributed by atoms with Crippen molar-refractivity contribution < 1.29 is 0 Å². The van der Waals surface area contributed by atoms with Crippen LogP contribution >= 0.6 is 0 Å². The van der Waals surface area contributed by atoms with E-state index in [0.29, 0.717) is 0 Å². The lowest BCUT2D eigenvalue weighted by Crippen LogP contribution is -1.90. The Hall–Kier alpha value is -1.58. The summed E-state index contributed by atoms with van der Waals surface area (Å²) in [5.74, 6) is 0. The van der Waals surface area contributed by atoms with Gasteiger partial charge in [-0.25, -0.2) is 0 Å². The van der Waals surface area contributed by atoms with E-state index in [4.69, 9.17) is 0 Å². The van der Waals surface area contributed by atoms with Crippen LogP contribution in [-0.2, 0) is 14.1 Å². The van der Waals surface area contributed by atoms with Crippen LogP contribution in [0.2, 0.25) is 0 Å². The molecule has 14 heavy (non-hydrogen) atoms. The van der Waals surface area contributed by atoms with E-state index in [-0.39, 0.29) is 0 Å². The summed E-state index contributed by atoms with van der Waals surface area (Å²) in [5.41, 5.74) is 2.41. The fourth-order valence-electron chi connectivity index (χ4n) is 0.984. The SMILES string of the molecule is Cc1ccnn1C.Cc1cnn(C)c1. The van der Waals surface area contributed by atoms with Crippen LogP contribution in [-0.4, -0.2) is 19.6 Å². The van der Waals surface area contributed by atoms with Crippen LogP contribution in [0, 0.1) is 13.8 Å². The van der Waals surface area contributed by atoms with Crippen molar-refractivity contribution in [3.63, 3.8) is 0 Å². The van der Waals surface area contributed by atoms with Gasteiger partial charge in [0.15, 0.2) is 0 Å². The standard InChI is InChI=1S/2C5H8N2/c1-5-3-6-7(2)4-5;1-5-3-4-6-7(5)2/h2*3-4H,1-2H3. The summed E-state index contributed by atoms with van der Waals surface area (Å²) in [7, 11) is 3.84. The molecule has 0 unspecified atom stereocenters. The predicted molar refractivity (Wildman–Crippen MR) is 55.9 cm³/mol. The molecule has 0 fully saturated rings. The maximum absolute atomic E-state index is 3.93. The van der Waals surface area contributed by atoms with Gasteiger partial charge in [0.2, 0.25) is 0 Å². The highest BCUT2D eigenvalue weighted by atomic mass is 15.2. The highest BCUT2D eigenvalue weighted by Gasteiger charge is 1.83. The van der Waals surface area contributed by atoms with Gasteiger partial charge in [0.1, 0.15) is 0 Å². The van der Waals surface area contributed by atoms with Gasteiger partial charge in [-0.05, 0) is 25.5 Å². The van der Waals surface area contributed by atoms with Crippen LogP contribution in [0.15, 0.2) is 24.7 Å². The Morgan fingerprint density at radius 3 is 2.00 bits per heavy atom. The molecule has 0 aliphatic carbocycles. The van der Waals surface area contributed by atoms with Gasteiger partial charge in [-0.3, -0.25) is 9.36 Å². The molecule has 2 aromatic rings. The largest absolute Gasteiger partial charge is 0.276 e.